The van der Waals surface area contributed by atoms with E-state index in [-0.39, 0.29) is 11.8 Å². The zero-order valence-corrected chi connectivity index (χ0v) is 16.5. The van der Waals surface area contributed by atoms with Crippen molar-refractivity contribution in [1.29, 1.82) is 0 Å². The summed E-state index contributed by atoms with van der Waals surface area (Å²) in [7, 11) is 0. The molecule has 0 radical (unpaired) electrons. The van der Waals surface area contributed by atoms with Crippen molar-refractivity contribution in [1.82, 2.24) is 9.80 Å². The third-order valence-electron chi connectivity index (χ3n) is 4.31. The average Bonchev–Trinajstić information content (AvgIpc) is 2.63. The van der Waals surface area contributed by atoms with Crippen LogP contribution < -0.4 is 9.47 Å². The normalized spacial score (nSPS) is 14.3. The number of ether oxygens (including phenoxy) is 2. The van der Waals surface area contributed by atoms with Crippen molar-refractivity contribution in [3.05, 3.63) is 22.7 Å². The van der Waals surface area contributed by atoms with Crippen LogP contribution in [0, 0.1) is 0 Å². The number of hydrogen-bond acceptors (Lipinski definition) is 4. The van der Waals surface area contributed by atoms with E-state index in [4.69, 9.17) is 21.1 Å². The Bertz CT molecular complexity index is 643. The highest BCUT2D eigenvalue weighted by molar-refractivity contribution is 6.32. The predicted octanol–water partition coefficient (Wildman–Crippen LogP) is 3.22. The van der Waals surface area contributed by atoms with E-state index in [1.807, 2.05) is 6.92 Å². The second kappa shape index (κ2) is 9.67. The Hall–Kier alpha value is -1.95. The Kier molecular flexibility index (Phi) is 7.57. The maximum atomic E-state index is 12.8. The van der Waals surface area contributed by atoms with Crippen LogP contribution in [0.2, 0.25) is 5.02 Å². The molecule has 0 saturated carbocycles. The molecule has 1 heterocycles. The standard InChI is InChI=1S/C19H27ClN2O4/c1-4-6-11-26-18-16(20)12-15(13-17(18)25-5-2)19(24)22-9-7-21(8-10-22)14(3)23/h12-13H,4-11H2,1-3H3. The van der Waals surface area contributed by atoms with Crippen molar-refractivity contribution in [2.45, 2.75) is 33.6 Å². The highest BCUT2D eigenvalue weighted by Crippen LogP contribution is 2.37. The number of rotatable bonds is 7. The van der Waals surface area contributed by atoms with Gasteiger partial charge in [-0.2, -0.15) is 0 Å². The predicted molar refractivity (Wildman–Crippen MR) is 101 cm³/mol. The highest BCUT2D eigenvalue weighted by atomic mass is 35.5. The first kappa shape index (κ1) is 20.4. The van der Waals surface area contributed by atoms with Crippen LogP contribution >= 0.6 is 11.6 Å². The molecule has 0 atom stereocenters. The molecule has 0 bridgehead atoms. The minimum atomic E-state index is -0.115. The van der Waals surface area contributed by atoms with Crippen molar-refractivity contribution in [3.63, 3.8) is 0 Å². The van der Waals surface area contributed by atoms with Gasteiger partial charge in [-0.25, -0.2) is 0 Å². The molecule has 1 aromatic rings. The van der Waals surface area contributed by atoms with Crippen LogP contribution in [0.3, 0.4) is 0 Å². The largest absolute Gasteiger partial charge is 0.490 e. The number of carbonyl (C=O) groups is 2. The highest BCUT2D eigenvalue weighted by Gasteiger charge is 2.25. The molecule has 1 saturated heterocycles. The van der Waals surface area contributed by atoms with Crippen molar-refractivity contribution in [3.8, 4) is 11.5 Å². The summed E-state index contributed by atoms with van der Waals surface area (Å²) in [5.41, 5.74) is 0.470. The van der Waals surface area contributed by atoms with E-state index < -0.39 is 0 Å². The molecule has 7 heteroatoms. The van der Waals surface area contributed by atoms with Gasteiger partial charge >= 0.3 is 0 Å². The average molecular weight is 383 g/mol. The third kappa shape index (κ3) is 5.04. The molecule has 0 N–H and O–H groups in total. The lowest BCUT2D eigenvalue weighted by Crippen LogP contribution is -2.50. The second-order valence-corrected chi connectivity index (χ2v) is 6.63. The first-order valence-electron chi connectivity index (χ1n) is 9.11. The maximum Gasteiger partial charge on any atom is 0.254 e. The molecule has 144 valence electrons. The summed E-state index contributed by atoms with van der Waals surface area (Å²) in [4.78, 5) is 27.7. The van der Waals surface area contributed by atoms with Crippen LogP contribution in [0.25, 0.3) is 0 Å². The molecule has 2 amide bonds. The Labute approximate surface area is 160 Å². The number of piperazine rings is 1. The molecule has 1 aliphatic rings. The topological polar surface area (TPSA) is 59.1 Å². The van der Waals surface area contributed by atoms with Crippen LogP contribution in [-0.2, 0) is 4.79 Å². The number of hydrogen-bond donors (Lipinski definition) is 0. The molecular formula is C19H27ClN2O4. The van der Waals surface area contributed by atoms with E-state index in [1.165, 1.54) is 0 Å². The van der Waals surface area contributed by atoms with Crippen LogP contribution in [0.15, 0.2) is 12.1 Å². The molecule has 0 spiro atoms. The zero-order chi connectivity index (χ0) is 19.1. The minimum Gasteiger partial charge on any atom is -0.490 e. The van der Waals surface area contributed by atoms with Gasteiger partial charge in [0.25, 0.3) is 5.91 Å². The van der Waals surface area contributed by atoms with Crippen LogP contribution in [0.5, 0.6) is 11.5 Å². The lowest BCUT2D eigenvalue weighted by Gasteiger charge is -2.34. The number of halogens is 1. The molecule has 1 fully saturated rings. The number of amides is 2. The van der Waals surface area contributed by atoms with E-state index in [0.29, 0.717) is 61.5 Å². The molecule has 0 aliphatic carbocycles. The van der Waals surface area contributed by atoms with Crippen molar-refractivity contribution in [2.75, 3.05) is 39.4 Å². The molecule has 6 nitrogen and oxygen atoms in total. The first-order chi connectivity index (χ1) is 12.5. The minimum absolute atomic E-state index is 0.0346. The van der Waals surface area contributed by atoms with E-state index in [9.17, 15) is 9.59 Å². The monoisotopic (exact) mass is 382 g/mol. The van der Waals surface area contributed by atoms with E-state index in [1.54, 1.807) is 28.9 Å². The van der Waals surface area contributed by atoms with Gasteiger partial charge in [0.05, 0.1) is 18.2 Å². The van der Waals surface area contributed by atoms with E-state index in [0.717, 1.165) is 12.8 Å². The number of carbonyl (C=O) groups excluding carboxylic acids is 2. The quantitative estimate of drug-likeness (QED) is 0.679. The maximum absolute atomic E-state index is 12.8. The fourth-order valence-electron chi connectivity index (χ4n) is 2.82. The number of benzene rings is 1. The van der Waals surface area contributed by atoms with Crippen molar-refractivity contribution < 1.29 is 19.1 Å². The van der Waals surface area contributed by atoms with Crippen molar-refractivity contribution in [2.24, 2.45) is 0 Å². The van der Waals surface area contributed by atoms with E-state index >= 15 is 0 Å². The summed E-state index contributed by atoms with van der Waals surface area (Å²) >= 11 is 6.37. The first-order valence-corrected chi connectivity index (χ1v) is 9.49. The Balaban J connectivity index is 2.15. The van der Waals surface area contributed by atoms with Gasteiger partial charge in [-0.3, -0.25) is 9.59 Å². The molecule has 0 aromatic heterocycles. The lowest BCUT2D eigenvalue weighted by atomic mass is 10.1. The third-order valence-corrected chi connectivity index (χ3v) is 4.59. The van der Waals surface area contributed by atoms with Gasteiger partial charge in [-0.1, -0.05) is 24.9 Å². The van der Waals surface area contributed by atoms with Crippen LogP contribution in [0.4, 0.5) is 0 Å². The fourth-order valence-corrected chi connectivity index (χ4v) is 3.09. The molecule has 1 aliphatic heterocycles. The van der Waals surface area contributed by atoms with Gasteiger partial charge in [0, 0.05) is 38.7 Å². The summed E-state index contributed by atoms with van der Waals surface area (Å²) in [6, 6.07) is 3.32. The van der Waals surface area contributed by atoms with Gasteiger partial charge in [0.1, 0.15) is 0 Å². The summed E-state index contributed by atoms with van der Waals surface area (Å²) in [6.45, 7) is 8.62. The summed E-state index contributed by atoms with van der Waals surface area (Å²) in [5, 5.41) is 0.373. The molecule has 2 rings (SSSR count). The Morgan fingerprint density at radius 2 is 1.73 bits per heavy atom. The SMILES string of the molecule is CCCCOc1c(Cl)cc(C(=O)N2CCN(C(C)=O)CC2)cc1OCC. The van der Waals surface area contributed by atoms with Gasteiger partial charge in [-0.15, -0.1) is 0 Å². The van der Waals surface area contributed by atoms with Crippen LogP contribution in [0.1, 0.15) is 44.0 Å². The zero-order valence-electron chi connectivity index (χ0n) is 15.7. The fraction of sp³-hybridized carbons (Fsp3) is 0.579. The lowest BCUT2D eigenvalue weighted by molar-refractivity contribution is -0.130. The smallest absolute Gasteiger partial charge is 0.254 e. The summed E-state index contributed by atoms with van der Waals surface area (Å²) in [6.07, 6.45) is 1.94. The summed E-state index contributed by atoms with van der Waals surface area (Å²) in [5.74, 6) is 0.894. The van der Waals surface area contributed by atoms with Gasteiger partial charge in [0.15, 0.2) is 11.5 Å². The van der Waals surface area contributed by atoms with Gasteiger partial charge < -0.3 is 19.3 Å². The second-order valence-electron chi connectivity index (χ2n) is 6.22. The molecule has 1 aromatic carbocycles. The number of unbranched alkanes of at least 4 members (excludes halogenated alkanes) is 1. The summed E-state index contributed by atoms with van der Waals surface area (Å²) < 4.78 is 11.4. The van der Waals surface area contributed by atoms with Crippen molar-refractivity contribution >= 4 is 23.4 Å². The number of nitrogens with zero attached hydrogens (tertiary/aromatic N) is 2. The molecular weight excluding hydrogens is 356 g/mol. The van der Waals surface area contributed by atoms with Gasteiger partial charge in [-0.05, 0) is 25.5 Å². The van der Waals surface area contributed by atoms with Crippen LogP contribution in [-0.4, -0.2) is 61.0 Å². The Morgan fingerprint density at radius 3 is 2.31 bits per heavy atom. The Morgan fingerprint density at radius 1 is 1.08 bits per heavy atom. The molecule has 26 heavy (non-hydrogen) atoms. The molecule has 0 unspecified atom stereocenters. The van der Waals surface area contributed by atoms with Gasteiger partial charge in [0.2, 0.25) is 5.91 Å². The van der Waals surface area contributed by atoms with E-state index in [2.05, 4.69) is 6.92 Å².